The normalized spacial score (nSPS) is 20.1. The quantitative estimate of drug-likeness (QED) is 0.0261. The highest BCUT2D eigenvalue weighted by molar-refractivity contribution is 5.76. The summed E-state index contributed by atoms with van der Waals surface area (Å²) in [5.41, 5.74) is 0. The Morgan fingerprint density at radius 2 is 0.873 bits per heavy atom. The molecule has 6 N–H and O–H groups in total. The van der Waals surface area contributed by atoms with Crippen molar-refractivity contribution in [2.45, 2.75) is 314 Å². The molecule has 7 unspecified atom stereocenters. The number of carbonyl (C=O) groups is 1. The van der Waals surface area contributed by atoms with Gasteiger partial charge in [-0.1, -0.05) is 257 Å². The molecule has 0 bridgehead atoms. The van der Waals surface area contributed by atoms with Gasteiger partial charge < -0.3 is 40.3 Å². The first-order valence-corrected chi connectivity index (χ1v) is 27.4. The smallest absolute Gasteiger partial charge is 0.220 e. The van der Waals surface area contributed by atoms with Crippen molar-refractivity contribution >= 4 is 5.91 Å². The Hall–Kier alpha value is -1.07. The number of hydrogen-bond acceptors (Lipinski definition) is 8. The maximum atomic E-state index is 12.8. The minimum Gasteiger partial charge on any atom is -0.394 e. The number of aliphatic hydroxyl groups is 5. The predicted molar refractivity (Wildman–Crippen MR) is 263 cm³/mol. The third kappa shape index (κ3) is 34.8. The van der Waals surface area contributed by atoms with Crippen molar-refractivity contribution in [1.82, 2.24) is 5.32 Å². The summed E-state index contributed by atoms with van der Waals surface area (Å²) in [7, 11) is 0. The number of aliphatic hydroxyl groups excluding tert-OH is 5. The third-order valence-corrected chi connectivity index (χ3v) is 13.4. The van der Waals surface area contributed by atoms with Crippen LogP contribution in [0.1, 0.15) is 271 Å². The highest BCUT2D eigenvalue weighted by Crippen LogP contribution is 2.23. The Balaban J connectivity index is 2.05. The molecule has 1 heterocycles. The van der Waals surface area contributed by atoms with Crippen LogP contribution < -0.4 is 5.32 Å². The van der Waals surface area contributed by atoms with E-state index in [4.69, 9.17) is 9.47 Å². The molecule has 0 aromatic carbocycles. The van der Waals surface area contributed by atoms with E-state index < -0.39 is 49.5 Å². The monoisotopic (exact) mass is 896 g/mol. The second-order valence-electron chi connectivity index (χ2n) is 19.4. The molecule has 7 atom stereocenters. The van der Waals surface area contributed by atoms with Gasteiger partial charge in [0.15, 0.2) is 6.29 Å². The molecule has 1 aliphatic heterocycles. The van der Waals surface area contributed by atoms with Crippen LogP contribution in [0.25, 0.3) is 0 Å². The molecule has 9 heteroatoms. The summed E-state index contributed by atoms with van der Waals surface area (Å²) in [5.74, 6) is -0.181. The van der Waals surface area contributed by atoms with Gasteiger partial charge in [0.1, 0.15) is 24.4 Å². The maximum Gasteiger partial charge on any atom is 0.220 e. The summed E-state index contributed by atoms with van der Waals surface area (Å²) < 4.78 is 11.2. The highest BCUT2D eigenvalue weighted by atomic mass is 16.7. The van der Waals surface area contributed by atoms with E-state index in [1.54, 1.807) is 6.08 Å². The van der Waals surface area contributed by atoms with Crippen molar-refractivity contribution in [1.29, 1.82) is 0 Å². The number of nitrogens with one attached hydrogen (secondary N) is 1. The van der Waals surface area contributed by atoms with Gasteiger partial charge in [0.05, 0.1) is 25.4 Å². The molecule has 374 valence electrons. The van der Waals surface area contributed by atoms with Gasteiger partial charge in [-0.3, -0.25) is 4.79 Å². The minimum atomic E-state index is -1.56. The third-order valence-electron chi connectivity index (χ3n) is 13.4. The van der Waals surface area contributed by atoms with E-state index in [-0.39, 0.29) is 12.5 Å². The van der Waals surface area contributed by atoms with E-state index in [0.717, 1.165) is 38.5 Å². The summed E-state index contributed by atoms with van der Waals surface area (Å²) in [4.78, 5) is 12.8. The molecule has 9 nitrogen and oxygen atoms in total. The molecule has 0 aromatic heterocycles. The van der Waals surface area contributed by atoms with E-state index in [2.05, 4.69) is 19.2 Å². The molecule has 0 radical (unpaired) electrons. The molecule has 1 amide bonds. The van der Waals surface area contributed by atoms with Crippen molar-refractivity contribution in [2.24, 2.45) is 0 Å². The average molecular weight is 896 g/mol. The van der Waals surface area contributed by atoms with Crippen LogP contribution in [0.5, 0.6) is 0 Å². The molecular weight excluding hydrogens is 791 g/mol. The zero-order chi connectivity index (χ0) is 45.9. The van der Waals surface area contributed by atoms with Crippen LogP contribution in [0, 0.1) is 0 Å². The fourth-order valence-corrected chi connectivity index (χ4v) is 8.98. The topological polar surface area (TPSA) is 149 Å². The average Bonchev–Trinajstić information content (AvgIpc) is 3.28. The summed E-state index contributed by atoms with van der Waals surface area (Å²) in [6.45, 7) is 3.74. The lowest BCUT2D eigenvalue weighted by Crippen LogP contribution is -2.60. The fraction of sp³-hybridized carbons (Fsp3) is 0.944. The molecular formula is C54H105NO8. The van der Waals surface area contributed by atoms with Gasteiger partial charge in [-0.05, 0) is 19.3 Å². The number of amides is 1. The molecule has 0 spiro atoms. The maximum absolute atomic E-state index is 12.8. The van der Waals surface area contributed by atoms with Gasteiger partial charge in [-0.25, -0.2) is 0 Å². The predicted octanol–water partition coefficient (Wildman–Crippen LogP) is 12.8. The minimum absolute atomic E-state index is 0.181. The molecule has 0 aliphatic carbocycles. The first-order chi connectivity index (χ1) is 30.8. The number of hydrogen-bond donors (Lipinski definition) is 6. The first kappa shape index (κ1) is 59.9. The largest absolute Gasteiger partial charge is 0.394 e. The second kappa shape index (κ2) is 44.7. The number of carbonyl (C=O) groups excluding carboxylic acids is 1. The summed E-state index contributed by atoms with van der Waals surface area (Å²) in [5, 5.41) is 54.1. The molecule has 63 heavy (non-hydrogen) atoms. The molecule has 1 fully saturated rings. The van der Waals surface area contributed by atoms with Crippen LogP contribution in [-0.2, 0) is 14.3 Å². The van der Waals surface area contributed by atoms with Crippen LogP contribution >= 0.6 is 0 Å². The van der Waals surface area contributed by atoms with Gasteiger partial charge in [0, 0.05) is 6.42 Å². The zero-order valence-electron chi connectivity index (χ0n) is 41.4. The summed E-state index contributed by atoms with van der Waals surface area (Å²) in [6, 6.07) is -0.797. The molecule has 1 rings (SSSR count). The molecule has 0 saturated carbocycles. The Kier molecular flexibility index (Phi) is 42.6. The van der Waals surface area contributed by atoms with Crippen LogP contribution in [0.3, 0.4) is 0 Å². The highest BCUT2D eigenvalue weighted by Gasteiger charge is 2.44. The first-order valence-electron chi connectivity index (χ1n) is 27.4. The van der Waals surface area contributed by atoms with E-state index in [9.17, 15) is 30.3 Å². The van der Waals surface area contributed by atoms with Crippen LogP contribution in [-0.4, -0.2) is 87.5 Å². The van der Waals surface area contributed by atoms with Gasteiger partial charge in [-0.2, -0.15) is 0 Å². The van der Waals surface area contributed by atoms with Gasteiger partial charge >= 0.3 is 0 Å². The SMILES string of the molecule is CCCCCCCCCCCCCCCCCCCCCCCCCCCCCCCCC/C=C/C(O)C(COC1OC(CO)C(O)C(O)C1O)NC(=O)CCCCCCCCC. The fourth-order valence-electron chi connectivity index (χ4n) is 8.98. The number of rotatable bonds is 47. The van der Waals surface area contributed by atoms with Crippen molar-refractivity contribution in [3.63, 3.8) is 0 Å². The Bertz CT molecular complexity index is 997. The second-order valence-corrected chi connectivity index (χ2v) is 19.4. The lowest BCUT2D eigenvalue weighted by molar-refractivity contribution is -0.302. The Morgan fingerprint density at radius 1 is 0.524 bits per heavy atom. The van der Waals surface area contributed by atoms with Crippen LogP contribution in [0.2, 0.25) is 0 Å². The summed E-state index contributed by atoms with van der Waals surface area (Å²) in [6.07, 6.45) is 47.6. The number of allylic oxidation sites excluding steroid dienone is 1. The van der Waals surface area contributed by atoms with E-state index >= 15 is 0 Å². The zero-order valence-corrected chi connectivity index (χ0v) is 41.4. The lowest BCUT2D eigenvalue weighted by atomic mass is 9.99. The van der Waals surface area contributed by atoms with E-state index in [0.29, 0.717) is 6.42 Å². The van der Waals surface area contributed by atoms with Gasteiger partial charge in [0.25, 0.3) is 0 Å². The van der Waals surface area contributed by atoms with Crippen molar-refractivity contribution < 1.29 is 39.8 Å². The summed E-state index contributed by atoms with van der Waals surface area (Å²) >= 11 is 0. The molecule has 1 saturated heterocycles. The number of unbranched alkanes of at least 4 members (excludes halogenated alkanes) is 37. The number of ether oxygens (including phenoxy) is 2. The molecule has 0 aromatic rings. The van der Waals surface area contributed by atoms with Crippen molar-refractivity contribution in [3.05, 3.63) is 12.2 Å². The Labute approximate surface area is 388 Å². The van der Waals surface area contributed by atoms with Crippen molar-refractivity contribution in [3.8, 4) is 0 Å². The van der Waals surface area contributed by atoms with Crippen molar-refractivity contribution in [2.75, 3.05) is 13.2 Å². The van der Waals surface area contributed by atoms with E-state index in [1.807, 2.05) is 6.08 Å². The Morgan fingerprint density at radius 3 is 1.24 bits per heavy atom. The van der Waals surface area contributed by atoms with Gasteiger partial charge in [-0.15, -0.1) is 0 Å². The van der Waals surface area contributed by atoms with E-state index in [1.165, 1.54) is 212 Å². The van der Waals surface area contributed by atoms with Crippen LogP contribution in [0.15, 0.2) is 12.2 Å². The van der Waals surface area contributed by atoms with Gasteiger partial charge in [0.2, 0.25) is 5.91 Å². The lowest BCUT2D eigenvalue weighted by Gasteiger charge is -2.40. The molecule has 1 aliphatic rings. The van der Waals surface area contributed by atoms with Crippen LogP contribution in [0.4, 0.5) is 0 Å². The standard InChI is InChI=1S/C54H105NO8/c1-3-5-7-9-11-12-13-14-15-16-17-18-19-20-21-22-23-24-25-26-27-28-29-30-31-32-33-34-35-36-38-39-41-43-48(57)47(55-50(58)44-42-40-37-10-8-6-4-2)46-62-54-53(61)52(60)51(59)49(45-56)63-54/h41,43,47-49,51-54,56-57,59-61H,3-40,42,44-46H2,1-2H3,(H,55,58)/b43-41+.